The van der Waals surface area contributed by atoms with Crippen molar-refractivity contribution in [1.82, 2.24) is 14.9 Å². The molecule has 4 rings (SSSR count). The van der Waals surface area contributed by atoms with Gasteiger partial charge in [-0.2, -0.15) is 0 Å². The Hall–Kier alpha value is -2.42. The predicted molar refractivity (Wildman–Crippen MR) is 126 cm³/mol. The minimum atomic E-state index is -0.0552. The first kappa shape index (κ1) is 20.8. The van der Waals surface area contributed by atoms with E-state index in [1.54, 1.807) is 15.9 Å². The molecule has 30 heavy (non-hydrogen) atoms. The molecule has 0 aliphatic carbocycles. The van der Waals surface area contributed by atoms with Crippen molar-refractivity contribution in [1.29, 1.82) is 0 Å². The molecule has 4 aromatic rings. The minimum Gasteiger partial charge on any atom is -0.355 e. The summed E-state index contributed by atoms with van der Waals surface area (Å²) < 4.78 is 2.37. The molecule has 3 aromatic heterocycles. The number of aromatic nitrogens is 2. The first-order chi connectivity index (χ1) is 14.7. The van der Waals surface area contributed by atoms with Gasteiger partial charge in [-0.05, 0) is 41.3 Å². The fraction of sp³-hybridized carbons (Fsp3) is 0.227. The van der Waals surface area contributed by atoms with E-state index in [0.29, 0.717) is 28.5 Å². The zero-order chi connectivity index (χ0) is 20.8. The number of nitrogens with zero attached hydrogens (tertiary/aromatic N) is 2. The zero-order valence-corrected chi connectivity index (χ0v) is 18.7. The normalized spacial score (nSPS) is 11.1. The molecule has 1 amide bonds. The average Bonchev–Trinajstić information content (AvgIpc) is 3.44. The van der Waals surface area contributed by atoms with Crippen LogP contribution in [0.2, 0.25) is 0 Å². The summed E-state index contributed by atoms with van der Waals surface area (Å²) in [5.74, 6) is 0.177. The lowest BCUT2D eigenvalue weighted by Gasteiger charge is -2.11. The van der Waals surface area contributed by atoms with Gasteiger partial charge in [0.05, 0.1) is 11.3 Å². The number of hydrogen-bond donors (Lipinski definition) is 1. The number of hydrogen-bond acceptors (Lipinski definition) is 6. The first-order valence-corrected chi connectivity index (χ1v) is 12.4. The topological polar surface area (TPSA) is 64.0 Å². The number of rotatable bonds is 9. The van der Waals surface area contributed by atoms with Crippen LogP contribution in [0.5, 0.6) is 0 Å². The van der Waals surface area contributed by atoms with E-state index in [1.807, 2.05) is 53.2 Å². The van der Waals surface area contributed by atoms with Gasteiger partial charge in [-0.1, -0.05) is 48.2 Å². The maximum atomic E-state index is 13.0. The molecule has 0 atom stereocenters. The van der Waals surface area contributed by atoms with Crippen LogP contribution in [0.4, 0.5) is 0 Å². The molecular weight excluding hydrogens is 434 g/mol. The van der Waals surface area contributed by atoms with E-state index in [4.69, 9.17) is 0 Å². The second kappa shape index (κ2) is 10.1. The molecule has 8 heteroatoms. The van der Waals surface area contributed by atoms with E-state index in [2.05, 4.69) is 16.4 Å². The second-order valence-electron chi connectivity index (χ2n) is 6.69. The Balaban J connectivity index is 1.41. The van der Waals surface area contributed by atoms with E-state index in [-0.39, 0.29) is 17.2 Å². The fourth-order valence-corrected chi connectivity index (χ4v) is 5.41. The number of carbonyl (C=O) groups is 1. The summed E-state index contributed by atoms with van der Waals surface area (Å²) in [7, 11) is 0. The van der Waals surface area contributed by atoms with Gasteiger partial charge in [0.1, 0.15) is 4.70 Å². The van der Waals surface area contributed by atoms with Gasteiger partial charge in [-0.25, -0.2) is 4.98 Å². The monoisotopic (exact) mass is 455 g/mol. The molecule has 0 saturated heterocycles. The Bertz CT molecular complexity index is 1170. The van der Waals surface area contributed by atoms with Crippen LogP contribution in [0.15, 0.2) is 69.2 Å². The molecule has 0 aliphatic heterocycles. The predicted octanol–water partition coefficient (Wildman–Crippen LogP) is 4.21. The summed E-state index contributed by atoms with van der Waals surface area (Å²) >= 11 is 4.41. The van der Waals surface area contributed by atoms with E-state index in [9.17, 15) is 9.59 Å². The maximum Gasteiger partial charge on any atom is 0.272 e. The smallest absolute Gasteiger partial charge is 0.272 e. The molecule has 1 N–H and O–H groups in total. The van der Waals surface area contributed by atoms with Crippen molar-refractivity contribution in [2.24, 2.45) is 0 Å². The highest BCUT2D eigenvalue weighted by Gasteiger charge is 2.14. The summed E-state index contributed by atoms with van der Waals surface area (Å²) in [5.41, 5.74) is 1.86. The van der Waals surface area contributed by atoms with Crippen molar-refractivity contribution in [3.63, 3.8) is 0 Å². The Morgan fingerprint density at radius 2 is 1.90 bits per heavy atom. The molecule has 0 spiro atoms. The van der Waals surface area contributed by atoms with Crippen molar-refractivity contribution in [2.75, 3.05) is 12.3 Å². The fourth-order valence-electron chi connectivity index (χ4n) is 3.08. The van der Waals surface area contributed by atoms with Crippen LogP contribution in [0, 0.1) is 0 Å². The number of aryl methyl sites for hydroxylation is 1. The van der Waals surface area contributed by atoms with Crippen LogP contribution in [0.25, 0.3) is 10.2 Å². The van der Waals surface area contributed by atoms with Gasteiger partial charge in [-0.3, -0.25) is 14.2 Å². The van der Waals surface area contributed by atoms with E-state index in [1.165, 1.54) is 33.5 Å². The molecule has 154 valence electrons. The summed E-state index contributed by atoms with van der Waals surface area (Å²) in [6, 6.07) is 16.0. The molecule has 3 heterocycles. The Morgan fingerprint density at radius 3 is 2.70 bits per heavy atom. The van der Waals surface area contributed by atoms with E-state index >= 15 is 0 Å². The highest BCUT2D eigenvalue weighted by Crippen LogP contribution is 2.21. The SMILES string of the molecule is O=C(CSc1nc2ccsc2c(=O)n1CCc1cccs1)NCCc1ccccc1. The zero-order valence-electron chi connectivity index (χ0n) is 16.2. The number of benzene rings is 1. The summed E-state index contributed by atoms with van der Waals surface area (Å²) in [6.45, 7) is 1.14. The van der Waals surface area contributed by atoms with E-state index in [0.717, 1.165) is 12.8 Å². The highest BCUT2D eigenvalue weighted by atomic mass is 32.2. The third-order valence-corrected chi connectivity index (χ3v) is 7.41. The van der Waals surface area contributed by atoms with Crippen molar-refractivity contribution < 1.29 is 4.79 Å². The van der Waals surface area contributed by atoms with Crippen LogP contribution >= 0.6 is 34.4 Å². The average molecular weight is 456 g/mol. The van der Waals surface area contributed by atoms with Crippen molar-refractivity contribution in [3.05, 3.63) is 80.1 Å². The largest absolute Gasteiger partial charge is 0.355 e. The molecule has 1 aromatic carbocycles. The maximum absolute atomic E-state index is 13.0. The van der Waals surface area contributed by atoms with Gasteiger partial charge in [0.15, 0.2) is 5.16 Å². The molecule has 0 unspecified atom stereocenters. The molecule has 0 radical (unpaired) electrons. The summed E-state index contributed by atoms with van der Waals surface area (Å²) in [5, 5.41) is 7.47. The molecule has 0 bridgehead atoms. The van der Waals surface area contributed by atoms with Gasteiger partial charge in [0.2, 0.25) is 5.91 Å². The van der Waals surface area contributed by atoms with Crippen LogP contribution in [-0.2, 0) is 24.2 Å². The Labute approximate surface area is 186 Å². The first-order valence-electron chi connectivity index (χ1n) is 9.64. The van der Waals surface area contributed by atoms with Crippen molar-refractivity contribution in [2.45, 2.75) is 24.5 Å². The molecule has 5 nitrogen and oxygen atoms in total. The lowest BCUT2D eigenvalue weighted by atomic mass is 10.1. The lowest BCUT2D eigenvalue weighted by Crippen LogP contribution is -2.28. The third-order valence-electron chi connectivity index (χ3n) is 4.60. The minimum absolute atomic E-state index is 0.0291. The van der Waals surface area contributed by atoms with Gasteiger partial charge in [-0.15, -0.1) is 22.7 Å². The quantitative estimate of drug-likeness (QED) is 0.303. The van der Waals surface area contributed by atoms with Crippen LogP contribution in [0.1, 0.15) is 10.4 Å². The second-order valence-corrected chi connectivity index (χ2v) is 9.58. The van der Waals surface area contributed by atoms with Gasteiger partial charge >= 0.3 is 0 Å². The number of thioether (sulfide) groups is 1. The van der Waals surface area contributed by atoms with Crippen LogP contribution in [0.3, 0.4) is 0 Å². The van der Waals surface area contributed by atoms with Gasteiger partial charge < -0.3 is 5.32 Å². The van der Waals surface area contributed by atoms with Crippen molar-refractivity contribution >= 4 is 50.6 Å². The lowest BCUT2D eigenvalue weighted by molar-refractivity contribution is -0.118. The Morgan fingerprint density at radius 1 is 1.03 bits per heavy atom. The summed E-state index contributed by atoms with van der Waals surface area (Å²) in [4.78, 5) is 31.2. The standard InChI is InChI=1S/C22H21N3O2S3/c26-19(23-11-8-16-5-2-1-3-6-16)15-30-22-24-18-10-14-29-20(18)21(27)25(22)12-9-17-7-4-13-28-17/h1-7,10,13-14H,8-9,11-12,15H2,(H,23,26). The number of thiophene rings is 2. The van der Waals surface area contributed by atoms with Crippen LogP contribution in [-0.4, -0.2) is 27.8 Å². The number of amides is 1. The molecule has 0 fully saturated rings. The highest BCUT2D eigenvalue weighted by molar-refractivity contribution is 7.99. The number of fused-ring (bicyclic) bond motifs is 1. The Kier molecular flexibility index (Phi) is 6.99. The molecule has 0 aliphatic rings. The van der Waals surface area contributed by atoms with Gasteiger partial charge in [0, 0.05) is 18.0 Å². The third kappa shape index (κ3) is 5.19. The van der Waals surface area contributed by atoms with Crippen molar-refractivity contribution in [3.8, 4) is 0 Å². The number of carbonyl (C=O) groups excluding carboxylic acids is 1. The van der Waals surface area contributed by atoms with E-state index < -0.39 is 0 Å². The van der Waals surface area contributed by atoms with Crippen LogP contribution < -0.4 is 10.9 Å². The van der Waals surface area contributed by atoms with Gasteiger partial charge in [0.25, 0.3) is 5.56 Å². The summed E-state index contributed by atoms with van der Waals surface area (Å²) in [6.07, 6.45) is 1.56. The molecular formula is C22H21N3O2S3. The number of nitrogens with one attached hydrogen (secondary N) is 1. The molecule has 0 saturated carbocycles.